The molecular weight excluding hydrogens is 373 g/mol. The van der Waals surface area contributed by atoms with E-state index in [-0.39, 0.29) is 23.9 Å². The van der Waals surface area contributed by atoms with Gasteiger partial charge in [0.05, 0.1) is 5.92 Å². The van der Waals surface area contributed by atoms with E-state index in [2.05, 4.69) is 44.2 Å². The molecule has 2 aliphatic rings. The van der Waals surface area contributed by atoms with E-state index in [0.29, 0.717) is 6.61 Å². The molecular formula is C25H31BNO3. The van der Waals surface area contributed by atoms with Gasteiger partial charge in [0.1, 0.15) is 25.7 Å². The molecule has 1 radical (unpaired) electrons. The van der Waals surface area contributed by atoms with Gasteiger partial charge in [0.2, 0.25) is 0 Å². The first-order valence-electron chi connectivity index (χ1n) is 10.9. The second-order valence-electron chi connectivity index (χ2n) is 8.91. The number of rotatable bonds is 6. The lowest BCUT2D eigenvalue weighted by molar-refractivity contribution is -0.144. The minimum Gasteiger partial charge on any atom is -0.489 e. The number of carbonyl (C=O) groups is 1. The van der Waals surface area contributed by atoms with Gasteiger partial charge < -0.3 is 14.4 Å². The van der Waals surface area contributed by atoms with E-state index in [0.717, 1.165) is 30.7 Å². The molecule has 30 heavy (non-hydrogen) atoms. The Labute approximate surface area is 180 Å². The summed E-state index contributed by atoms with van der Waals surface area (Å²) in [7, 11) is 6.14. The normalized spacial score (nSPS) is 22.5. The third-order valence-electron chi connectivity index (χ3n) is 6.70. The molecule has 5 heteroatoms. The molecule has 2 unspecified atom stereocenters. The van der Waals surface area contributed by atoms with Crippen molar-refractivity contribution in [1.29, 1.82) is 0 Å². The Morgan fingerprint density at radius 1 is 1.23 bits per heavy atom. The highest BCUT2D eigenvalue weighted by Crippen LogP contribution is 2.50. The monoisotopic (exact) mass is 404 g/mol. The Hall–Kier alpha value is -2.27. The predicted molar refractivity (Wildman–Crippen MR) is 121 cm³/mol. The number of carbonyl (C=O) groups excluding carboxylic acids is 1. The number of esters is 1. The quantitative estimate of drug-likeness (QED) is 0.545. The molecule has 1 heterocycles. The van der Waals surface area contributed by atoms with E-state index in [9.17, 15) is 4.79 Å². The van der Waals surface area contributed by atoms with Gasteiger partial charge in [0.15, 0.2) is 0 Å². The molecule has 1 fully saturated rings. The number of aryl methyl sites for hydroxylation is 1. The first-order chi connectivity index (χ1) is 14.4. The fourth-order valence-corrected chi connectivity index (χ4v) is 5.16. The third kappa shape index (κ3) is 3.76. The predicted octanol–water partition coefficient (Wildman–Crippen LogP) is 3.60. The van der Waals surface area contributed by atoms with Crippen molar-refractivity contribution in [2.45, 2.75) is 46.2 Å². The summed E-state index contributed by atoms with van der Waals surface area (Å²) in [5, 5.41) is 0. The molecule has 4 rings (SSSR count). The summed E-state index contributed by atoms with van der Waals surface area (Å²) in [6, 6.07) is 10.5. The number of fused-ring (bicyclic) bond motifs is 3. The summed E-state index contributed by atoms with van der Waals surface area (Å²) in [5.41, 5.74) is 7.23. The van der Waals surface area contributed by atoms with E-state index in [1.165, 1.54) is 27.7 Å². The molecule has 0 amide bonds. The highest BCUT2D eigenvalue weighted by Gasteiger charge is 2.48. The highest BCUT2D eigenvalue weighted by atomic mass is 16.6. The molecule has 1 aliphatic carbocycles. The van der Waals surface area contributed by atoms with Crippen LogP contribution in [0.4, 0.5) is 0 Å². The van der Waals surface area contributed by atoms with E-state index < -0.39 is 0 Å². The van der Waals surface area contributed by atoms with Crippen molar-refractivity contribution >= 4 is 18.7 Å². The molecule has 2 aromatic carbocycles. The van der Waals surface area contributed by atoms with Crippen LogP contribution in [-0.2, 0) is 22.6 Å². The van der Waals surface area contributed by atoms with Crippen LogP contribution in [0.1, 0.15) is 40.3 Å². The number of nitrogens with zero attached hydrogens (tertiary/aromatic N) is 1. The average Bonchev–Trinajstić information content (AvgIpc) is 3.04. The Bertz CT molecular complexity index is 956. The van der Waals surface area contributed by atoms with Crippen molar-refractivity contribution in [1.82, 2.24) is 4.90 Å². The average molecular weight is 404 g/mol. The summed E-state index contributed by atoms with van der Waals surface area (Å²) in [6.07, 6.45) is 1.85. The molecule has 4 nitrogen and oxygen atoms in total. The van der Waals surface area contributed by atoms with Gasteiger partial charge in [-0.1, -0.05) is 36.6 Å². The molecule has 2 aromatic rings. The van der Waals surface area contributed by atoms with Crippen LogP contribution in [-0.4, -0.2) is 38.8 Å². The molecule has 157 valence electrons. The Morgan fingerprint density at radius 2 is 2.00 bits per heavy atom. The van der Waals surface area contributed by atoms with Gasteiger partial charge in [0.25, 0.3) is 0 Å². The molecule has 0 bridgehead atoms. The molecule has 1 saturated heterocycles. The minimum absolute atomic E-state index is 0.0469. The first kappa shape index (κ1) is 21.0. The number of ether oxygens (including phenoxy) is 2. The van der Waals surface area contributed by atoms with Crippen LogP contribution in [0.15, 0.2) is 30.3 Å². The van der Waals surface area contributed by atoms with E-state index in [1.54, 1.807) is 0 Å². The van der Waals surface area contributed by atoms with Crippen LogP contribution in [0.2, 0.25) is 6.82 Å². The first-order valence-corrected chi connectivity index (χ1v) is 10.9. The molecule has 1 aliphatic heterocycles. The number of benzene rings is 2. The lowest BCUT2D eigenvalue weighted by Gasteiger charge is -2.32. The van der Waals surface area contributed by atoms with Crippen molar-refractivity contribution < 1.29 is 14.3 Å². The van der Waals surface area contributed by atoms with Crippen molar-refractivity contribution in [2.24, 2.45) is 11.8 Å². The minimum atomic E-state index is -0.148. The van der Waals surface area contributed by atoms with Gasteiger partial charge in [-0.05, 0) is 69.1 Å². The Kier molecular flexibility index (Phi) is 5.92. The van der Waals surface area contributed by atoms with E-state index in [4.69, 9.17) is 9.47 Å². The van der Waals surface area contributed by atoms with Gasteiger partial charge in [-0.25, -0.2) is 0 Å². The third-order valence-corrected chi connectivity index (χ3v) is 6.70. The van der Waals surface area contributed by atoms with Gasteiger partial charge in [-0.2, -0.15) is 0 Å². The van der Waals surface area contributed by atoms with Crippen LogP contribution in [0.25, 0.3) is 0 Å². The molecule has 0 N–H and O–H groups in total. The summed E-state index contributed by atoms with van der Waals surface area (Å²) < 4.78 is 12.3. The van der Waals surface area contributed by atoms with Crippen molar-refractivity contribution in [2.75, 3.05) is 20.6 Å². The van der Waals surface area contributed by atoms with Crippen LogP contribution in [0.3, 0.4) is 0 Å². The van der Waals surface area contributed by atoms with Crippen molar-refractivity contribution in [3.05, 3.63) is 58.1 Å². The van der Waals surface area contributed by atoms with Gasteiger partial charge in [-0.15, -0.1) is 0 Å². The maximum absolute atomic E-state index is 12.7. The number of hydrogen-bond donors (Lipinski definition) is 0. The number of hydrogen-bond acceptors (Lipinski definition) is 4. The SMILES string of the molecule is C[B]c1ccccc1COc1cc(C)c2c(c1C)C1OC(=O)C(CN(C)C)[C@@H]1CC2. The van der Waals surface area contributed by atoms with Gasteiger partial charge in [0, 0.05) is 18.0 Å². The second-order valence-corrected chi connectivity index (χ2v) is 8.91. The zero-order chi connectivity index (χ0) is 21.4. The van der Waals surface area contributed by atoms with Crippen molar-refractivity contribution in [3.8, 4) is 5.75 Å². The van der Waals surface area contributed by atoms with Crippen LogP contribution < -0.4 is 10.2 Å². The lowest BCUT2D eigenvalue weighted by Crippen LogP contribution is -2.31. The smallest absolute Gasteiger partial charge is 0.311 e. The van der Waals surface area contributed by atoms with Crippen LogP contribution in [0, 0.1) is 25.7 Å². The zero-order valence-corrected chi connectivity index (χ0v) is 18.7. The van der Waals surface area contributed by atoms with E-state index in [1.807, 2.05) is 33.1 Å². The molecule has 0 aromatic heterocycles. The second kappa shape index (κ2) is 8.47. The topological polar surface area (TPSA) is 38.8 Å². The maximum Gasteiger partial charge on any atom is 0.311 e. The lowest BCUT2D eigenvalue weighted by atomic mass is 9.71. The maximum atomic E-state index is 12.7. The Morgan fingerprint density at radius 3 is 2.73 bits per heavy atom. The van der Waals surface area contributed by atoms with Gasteiger partial charge in [-0.3, -0.25) is 4.79 Å². The van der Waals surface area contributed by atoms with Crippen LogP contribution >= 0.6 is 0 Å². The van der Waals surface area contributed by atoms with Crippen molar-refractivity contribution in [3.63, 3.8) is 0 Å². The van der Waals surface area contributed by atoms with Crippen LogP contribution in [0.5, 0.6) is 5.75 Å². The largest absolute Gasteiger partial charge is 0.489 e. The summed E-state index contributed by atoms with van der Waals surface area (Å²) in [4.78, 5) is 14.8. The standard InChI is InChI=1S/C25H31BNO3/c1-15-12-22(29-14-17-8-6-7-9-21(17)26-3)16(2)23-18(15)10-11-19-20(13-27(4)5)25(28)30-24(19)23/h6-9,12,19-20,24H,10-11,13-14H2,1-5H3/t19-,20?,24?/m0/s1. The molecule has 3 atom stereocenters. The fourth-order valence-electron chi connectivity index (χ4n) is 5.16. The zero-order valence-electron chi connectivity index (χ0n) is 18.7. The summed E-state index contributed by atoms with van der Waals surface area (Å²) >= 11 is 0. The van der Waals surface area contributed by atoms with E-state index >= 15 is 0 Å². The highest BCUT2D eigenvalue weighted by molar-refractivity contribution is 6.52. The molecule has 0 spiro atoms. The summed E-state index contributed by atoms with van der Waals surface area (Å²) in [5.74, 6) is 1.04. The molecule has 0 saturated carbocycles. The Balaban J connectivity index is 1.64. The fraction of sp³-hybridized carbons (Fsp3) is 0.480. The summed E-state index contributed by atoms with van der Waals surface area (Å²) in [6.45, 7) is 7.57. The van der Waals surface area contributed by atoms with Gasteiger partial charge >= 0.3 is 5.97 Å².